The first-order valence-electron chi connectivity index (χ1n) is 7.23. The average molecular weight is 302 g/mol. The lowest BCUT2D eigenvalue weighted by Crippen LogP contribution is -2.16. The molecule has 0 spiro atoms. The van der Waals surface area contributed by atoms with E-state index in [2.05, 4.69) is 0 Å². The van der Waals surface area contributed by atoms with E-state index in [1.807, 2.05) is 38.1 Å². The van der Waals surface area contributed by atoms with Gasteiger partial charge in [-0.05, 0) is 38.0 Å². The summed E-state index contributed by atoms with van der Waals surface area (Å²) in [5.41, 5.74) is 1.48. The third-order valence-electron chi connectivity index (χ3n) is 3.02. The molecule has 0 aliphatic heterocycles. The predicted molar refractivity (Wildman–Crippen MR) is 85.5 cm³/mol. The van der Waals surface area contributed by atoms with E-state index in [4.69, 9.17) is 9.47 Å². The van der Waals surface area contributed by atoms with Gasteiger partial charge in [0.1, 0.15) is 6.10 Å². The third-order valence-corrected chi connectivity index (χ3v) is 3.02. The largest absolute Gasteiger partial charge is 0.466 e. The van der Waals surface area contributed by atoms with Crippen LogP contribution in [0.25, 0.3) is 0 Å². The van der Waals surface area contributed by atoms with Gasteiger partial charge in [-0.25, -0.2) is 4.79 Å². The van der Waals surface area contributed by atoms with Gasteiger partial charge in [0.25, 0.3) is 0 Å². The first-order valence-corrected chi connectivity index (χ1v) is 7.23. The molecule has 0 aliphatic carbocycles. The van der Waals surface area contributed by atoms with Crippen molar-refractivity contribution in [2.24, 2.45) is 0 Å². The number of carbonyl (C=O) groups is 2. The summed E-state index contributed by atoms with van der Waals surface area (Å²) in [6.07, 6.45) is 6.01. The van der Waals surface area contributed by atoms with E-state index in [1.54, 1.807) is 24.3 Å². The lowest BCUT2D eigenvalue weighted by molar-refractivity contribution is -0.140. The van der Waals surface area contributed by atoms with Crippen molar-refractivity contribution in [2.75, 3.05) is 6.61 Å². The maximum Gasteiger partial charge on any atom is 0.338 e. The third kappa shape index (κ3) is 6.88. The molecule has 0 amide bonds. The van der Waals surface area contributed by atoms with Crippen molar-refractivity contribution in [3.63, 3.8) is 0 Å². The minimum absolute atomic E-state index is 0.276. The summed E-state index contributed by atoms with van der Waals surface area (Å²) in [6, 6.07) is 8.91. The summed E-state index contributed by atoms with van der Waals surface area (Å²) in [4.78, 5) is 22.5. The van der Waals surface area contributed by atoms with Crippen LogP contribution in [-0.4, -0.2) is 24.6 Å². The lowest BCUT2D eigenvalue weighted by Gasteiger charge is -2.13. The SMILES string of the molecule is CC(=O)OCC/C=C/C=C(\C)C(C)OC(=O)c1ccccc1. The second-order valence-corrected chi connectivity index (χ2v) is 4.88. The number of carbonyl (C=O) groups excluding carboxylic acids is 2. The van der Waals surface area contributed by atoms with Gasteiger partial charge in [0.2, 0.25) is 0 Å². The van der Waals surface area contributed by atoms with Crippen LogP contribution in [0, 0.1) is 0 Å². The van der Waals surface area contributed by atoms with Crippen molar-refractivity contribution in [1.29, 1.82) is 0 Å². The van der Waals surface area contributed by atoms with E-state index in [0.717, 1.165) is 5.57 Å². The zero-order chi connectivity index (χ0) is 16.4. The van der Waals surface area contributed by atoms with Crippen LogP contribution in [0.1, 0.15) is 37.6 Å². The molecule has 1 aromatic rings. The van der Waals surface area contributed by atoms with Crippen LogP contribution >= 0.6 is 0 Å². The van der Waals surface area contributed by atoms with Gasteiger partial charge in [0.05, 0.1) is 12.2 Å². The fourth-order valence-corrected chi connectivity index (χ4v) is 1.62. The van der Waals surface area contributed by atoms with E-state index in [1.165, 1.54) is 6.92 Å². The first-order chi connectivity index (χ1) is 10.5. The van der Waals surface area contributed by atoms with Gasteiger partial charge in [-0.2, -0.15) is 0 Å². The Morgan fingerprint density at radius 1 is 1.18 bits per heavy atom. The molecule has 1 aromatic carbocycles. The first kappa shape index (κ1) is 17.7. The predicted octanol–water partition coefficient (Wildman–Crippen LogP) is 3.69. The summed E-state index contributed by atoms with van der Waals surface area (Å²) in [6.45, 7) is 5.49. The second-order valence-electron chi connectivity index (χ2n) is 4.88. The van der Waals surface area contributed by atoms with Gasteiger partial charge in [0.15, 0.2) is 0 Å². The van der Waals surface area contributed by atoms with Crippen LogP contribution < -0.4 is 0 Å². The van der Waals surface area contributed by atoms with Gasteiger partial charge in [-0.3, -0.25) is 4.79 Å². The molecule has 0 bridgehead atoms. The summed E-state index contributed by atoms with van der Waals surface area (Å²) in [5.74, 6) is -0.610. The number of allylic oxidation sites excluding steroid dienone is 2. The highest BCUT2D eigenvalue weighted by Crippen LogP contribution is 2.10. The number of esters is 2. The van der Waals surface area contributed by atoms with Crippen molar-refractivity contribution in [2.45, 2.75) is 33.3 Å². The van der Waals surface area contributed by atoms with Gasteiger partial charge in [0, 0.05) is 6.92 Å². The van der Waals surface area contributed by atoms with Crippen molar-refractivity contribution in [3.8, 4) is 0 Å². The van der Waals surface area contributed by atoms with Gasteiger partial charge in [-0.1, -0.05) is 36.4 Å². The molecule has 0 saturated carbocycles. The Morgan fingerprint density at radius 3 is 2.50 bits per heavy atom. The number of hydrogen-bond donors (Lipinski definition) is 0. The molecule has 4 nitrogen and oxygen atoms in total. The van der Waals surface area contributed by atoms with E-state index < -0.39 is 0 Å². The van der Waals surface area contributed by atoms with E-state index in [-0.39, 0.29) is 18.0 Å². The fraction of sp³-hybridized carbons (Fsp3) is 0.333. The molecular weight excluding hydrogens is 280 g/mol. The molecular formula is C18H22O4. The van der Waals surface area contributed by atoms with E-state index in [0.29, 0.717) is 18.6 Å². The maximum atomic E-state index is 11.9. The van der Waals surface area contributed by atoms with E-state index >= 15 is 0 Å². The van der Waals surface area contributed by atoms with Crippen molar-refractivity contribution in [3.05, 3.63) is 59.7 Å². The summed E-state index contributed by atoms with van der Waals surface area (Å²) < 4.78 is 10.2. The lowest BCUT2D eigenvalue weighted by atomic mass is 10.1. The number of ether oxygens (including phenoxy) is 2. The zero-order valence-electron chi connectivity index (χ0n) is 13.2. The Balaban J connectivity index is 2.42. The Morgan fingerprint density at radius 2 is 1.86 bits per heavy atom. The molecule has 4 heteroatoms. The summed E-state index contributed by atoms with van der Waals surface area (Å²) in [5, 5.41) is 0. The van der Waals surface area contributed by atoms with E-state index in [9.17, 15) is 9.59 Å². The van der Waals surface area contributed by atoms with Crippen molar-refractivity contribution >= 4 is 11.9 Å². The van der Waals surface area contributed by atoms with Gasteiger partial charge in [-0.15, -0.1) is 0 Å². The molecule has 0 radical (unpaired) electrons. The topological polar surface area (TPSA) is 52.6 Å². The molecule has 0 aromatic heterocycles. The summed E-state index contributed by atoms with van der Waals surface area (Å²) >= 11 is 0. The number of hydrogen-bond acceptors (Lipinski definition) is 4. The molecule has 0 fully saturated rings. The monoisotopic (exact) mass is 302 g/mol. The molecule has 0 N–H and O–H groups in total. The molecule has 1 rings (SSSR count). The Hall–Kier alpha value is -2.36. The summed E-state index contributed by atoms with van der Waals surface area (Å²) in [7, 11) is 0. The van der Waals surface area contributed by atoms with Gasteiger partial charge < -0.3 is 9.47 Å². The molecule has 0 aliphatic rings. The molecule has 1 unspecified atom stereocenters. The molecule has 118 valence electrons. The highest BCUT2D eigenvalue weighted by molar-refractivity contribution is 5.89. The normalized spacial score (nSPS) is 13.0. The van der Waals surface area contributed by atoms with Crippen LogP contribution in [0.15, 0.2) is 54.1 Å². The highest BCUT2D eigenvalue weighted by Gasteiger charge is 2.12. The molecule has 0 heterocycles. The van der Waals surface area contributed by atoms with Crippen LogP contribution in [0.3, 0.4) is 0 Å². The maximum absolute atomic E-state index is 11.9. The number of benzene rings is 1. The van der Waals surface area contributed by atoms with Gasteiger partial charge >= 0.3 is 11.9 Å². The molecule has 22 heavy (non-hydrogen) atoms. The van der Waals surface area contributed by atoms with Crippen molar-refractivity contribution in [1.82, 2.24) is 0 Å². The van der Waals surface area contributed by atoms with Crippen LogP contribution in [0.2, 0.25) is 0 Å². The Labute approximate surface area is 131 Å². The van der Waals surface area contributed by atoms with Crippen LogP contribution in [0.5, 0.6) is 0 Å². The van der Waals surface area contributed by atoms with Crippen LogP contribution in [-0.2, 0) is 14.3 Å². The molecule has 0 saturated heterocycles. The molecule has 1 atom stereocenters. The van der Waals surface area contributed by atoms with Crippen molar-refractivity contribution < 1.29 is 19.1 Å². The van der Waals surface area contributed by atoms with Crippen LogP contribution in [0.4, 0.5) is 0 Å². The number of rotatable bonds is 7. The minimum Gasteiger partial charge on any atom is -0.466 e. The average Bonchev–Trinajstić information content (AvgIpc) is 2.50. The minimum atomic E-state index is -0.334. The highest BCUT2D eigenvalue weighted by atomic mass is 16.5. The smallest absolute Gasteiger partial charge is 0.338 e. The zero-order valence-corrected chi connectivity index (χ0v) is 13.2. The second kappa shape index (κ2) is 9.55. The fourth-order valence-electron chi connectivity index (χ4n) is 1.62. The standard InChI is InChI=1S/C18H22O4/c1-14(10-6-5-9-13-21-16(3)19)15(2)22-18(20)17-11-7-4-8-12-17/h4-8,10-12,15H,9,13H2,1-3H3/b6-5+,14-10+. The Kier molecular flexibility index (Phi) is 7.68. The quantitative estimate of drug-likeness (QED) is 0.438. The Bertz CT molecular complexity index is 543.